The zero-order valence-corrected chi connectivity index (χ0v) is 10.9. The third-order valence-corrected chi connectivity index (χ3v) is 0. The molecule has 59 valence electrons. The minimum atomic E-state index is 0. The van der Waals surface area contributed by atoms with Gasteiger partial charge in [0.15, 0.2) is 0 Å². The number of rotatable bonds is 0. The predicted octanol–water partition coefficient (Wildman–Crippen LogP) is 3.40. The van der Waals surface area contributed by atoms with E-state index in [1.807, 2.05) is 0 Å². The van der Waals surface area contributed by atoms with Crippen LogP contribution in [-0.4, -0.2) is 0 Å². The van der Waals surface area contributed by atoms with Gasteiger partial charge in [-0.3, -0.25) is 0 Å². The summed E-state index contributed by atoms with van der Waals surface area (Å²) in [7, 11) is 0. The van der Waals surface area contributed by atoms with Crippen molar-refractivity contribution >= 4 is 0 Å². The van der Waals surface area contributed by atoms with Crippen LogP contribution in [0, 0.1) is 27.7 Å². The van der Waals surface area contributed by atoms with Crippen LogP contribution in [0.3, 0.4) is 0 Å². The van der Waals surface area contributed by atoms with Gasteiger partial charge in [0.25, 0.3) is 0 Å². The maximum absolute atomic E-state index is 2.19. The maximum atomic E-state index is 2.19. The molecule has 0 aliphatic carbocycles. The largest absolute Gasteiger partial charge is 0.358 e. The van der Waals surface area contributed by atoms with E-state index in [-0.39, 0.29) is 55.0 Å². The standard InChI is InChI=1S/C5H12.3CH3.Y/c1-5(2,3)4;;;;/h1-4H3;3*1H3;/q;3*-1;. The Kier molecular flexibility index (Phi) is 42.3. The topological polar surface area (TPSA) is 0 Å². The van der Waals surface area contributed by atoms with E-state index in [4.69, 9.17) is 0 Å². The van der Waals surface area contributed by atoms with Crippen molar-refractivity contribution < 1.29 is 32.7 Å². The molecule has 0 spiro atoms. The van der Waals surface area contributed by atoms with Gasteiger partial charge < -0.3 is 22.3 Å². The minimum absolute atomic E-state index is 0. The summed E-state index contributed by atoms with van der Waals surface area (Å²) in [6.07, 6.45) is 0. The first-order chi connectivity index (χ1) is 2.00. The molecule has 0 rings (SSSR count). The Hall–Kier alpha value is 1.10. The van der Waals surface area contributed by atoms with E-state index >= 15 is 0 Å². The van der Waals surface area contributed by atoms with E-state index in [1.165, 1.54) is 0 Å². The molecule has 0 saturated carbocycles. The summed E-state index contributed by atoms with van der Waals surface area (Å²) in [4.78, 5) is 0. The third-order valence-electron chi connectivity index (χ3n) is 0. The van der Waals surface area contributed by atoms with Crippen LogP contribution in [0.4, 0.5) is 0 Å². The normalized spacial score (nSPS) is 6.67. The maximum Gasteiger partial charge on any atom is 0 e. The molecule has 0 aromatic heterocycles. The van der Waals surface area contributed by atoms with Crippen molar-refractivity contribution in [2.75, 3.05) is 0 Å². The molecule has 0 heterocycles. The van der Waals surface area contributed by atoms with E-state index in [2.05, 4.69) is 27.7 Å². The molecule has 0 N–H and O–H groups in total. The Morgan fingerprint density at radius 3 is 0.667 bits per heavy atom. The van der Waals surface area contributed by atoms with Gasteiger partial charge in [-0.25, -0.2) is 0 Å². The van der Waals surface area contributed by atoms with Crippen LogP contribution in [0.5, 0.6) is 0 Å². The third kappa shape index (κ3) is 377. The second-order valence-corrected chi connectivity index (χ2v) is 3.00. The van der Waals surface area contributed by atoms with Crippen molar-refractivity contribution in [3.63, 3.8) is 0 Å². The molecule has 0 aliphatic rings. The van der Waals surface area contributed by atoms with Crippen LogP contribution in [0.2, 0.25) is 0 Å². The zero-order chi connectivity index (χ0) is 4.50. The minimum Gasteiger partial charge on any atom is -0.358 e. The molecule has 0 nitrogen and oxygen atoms in total. The second kappa shape index (κ2) is 11.8. The van der Waals surface area contributed by atoms with Crippen LogP contribution in [0.25, 0.3) is 0 Å². The molecule has 9 heavy (non-hydrogen) atoms. The fourth-order valence-electron chi connectivity index (χ4n) is 0. The summed E-state index contributed by atoms with van der Waals surface area (Å²) in [5.41, 5.74) is 0.500. The molecule has 0 amide bonds. The van der Waals surface area contributed by atoms with Gasteiger partial charge in [-0.05, 0) is 5.41 Å². The summed E-state index contributed by atoms with van der Waals surface area (Å²) in [5.74, 6) is 0. The molecule has 0 fully saturated rings. The molecule has 0 aliphatic heterocycles. The Balaban J connectivity index is -0.0000000133. The van der Waals surface area contributed by atoms with E-state index < -0.39 is 0 Å². The Labute approximate surface area is 87.7 Å². The van der Waals surface area contributed by atoms with Crippen LogP contribution in [0.15, 0.2) is 0 Å². The van der Waals surface area contributed by atoms with Gasteiger partial charge in [0.1, 0.15) is 0 Å². The first kappa shape index (κ1) is 32.1. The fourth-order valence-corrected chi connectivity index (χ4v) is 0. The summed E-state index contributed by atoms with van der Waals surface area (Å²) in [5, 5.41) is 0. The smallest absolute Gasteiger partial charge is 0 e. The summed E-state index contributed by atoms with van der Waals surface area (Å²) in [6, 6.07) is 0. The molecule has 0 saturated heterocycles. The van der Waals surface area contributed by atoms with E-state index in [1.54, 1.807) is 0 Å². The number of hydrogen-bond donors (Lipinski definition) is 0. The molecular weight excluding hydrogens is 185 g/mol. The van der Waals surface area contributed by atoms with Crippen molar-refractivity contribution in [3.8, 4) is 0 Å². The Morgan fingerprint density at radius 2 is 0.667 bits per heavy atom. The van der Waals surface area contributed by atoms with Gasteiger partial charge in [-0.1, -0.05) is 27.7 Å². The SMILES string of the molecule is CC(C)(C)C.[CH3-].[CH3-].[CH3-].[Y]. The molecule has 0 unspecified atom stereocenters. The molecule has 0 atom stereocenters. The van der Waals surface area contributed by atoms with Gasteiger partial charge in [0.05, 0.1) is 0 Å². The van der Waals surface area contributed by atoms with Gasteiger partial charge in [0.2, 0.25) is 0 Å². The Bertz CT molecular complexity index is 20.0. The van der Waals surface area contributed by atoms with Crippen LogP contribution in [0.1, 0.15) is 27.7 Å². The number of hydrogen-bond acceptors (Lipinski definition) is 0. The Morgan fingerprint density at radius 1 is 0.667 bits per heavy atom. The van der Waals surface area contributed by atoms with Gasteiger partial charge in [-0.15, -0.1) is 0 Å². The van der Waals surface area contributed by atoms with Gasteiger partial charge >= 0.3 is 0 Å². The summed E-state index contributed by atoms with van der Waals surface area (Å²) >= 11 is 0. The van der Waals surface area contributed by atoms with E-state index in [0.717, 1.165) is 0 Å². The van der Waals surface area contributed by atoms with E-state index in [9.17, 15) is 0 Å². The van der Waals surface area contributed by atoms with Crippen molar-refractivity contribution in [1.82, 2.24) is 0 Å². The van der Waals surface area contributed by atoms with Crippen LogP contribution in [-0.2, 0) is 32.7 Å². The predicted molar refractivity (Wildman–Crippen MR) is 44.4 cm³/mol. The molecule has 1 heteroatoms. The molecular formula is C8H21Y-3. The van der Waals surface area contributed by atoms with E-state index in [0.29, 0.717) is 5.41 Å². The van der Waals surface area contributed by atoms with Crippen molar-refractivity contribution in [2.45, 2.75) is 27.7 Å². The van der Waals surface area contributed by atoms with Gasteiger partial charge in [-0.2, -0.15) is 0 Å². The van der Waals surface area contributed by atoms with Crippen molar-refractivity contribution in [1.29, 1.82) is 0 Å². The first-order valence-electron chi connectivity index (χ1n) is 2.00. The average Bonchev–Trinajstić information content (AvgIpc) is 0.722. The fraction of sp³-hybridized carbons (Fsp3) is 0.625. The van der Waals surface area contributed by atoms with Crippen molar-refractivity contribution in [3.05, 3.63) is 22.3 Å². The van der Waals surface area contributed by atoms with Gasteiger partial charge in [0, 0.05) is 32.7 Å². The molecule has 0 bridgehead atoms. The molecule has 0 aromatic rings. The monoisotopic (exact) mass is 206 g/mol. The first-order valence-corrected chi connectivity index (χ1v) is 2.00. The quantitative estimate of drug-likeness (QED) is 0.533. The van der Waals surface area contributed by atoms with Crippen LogP contribution >= 0.6 is 0 Å². The van der Waals surface area contributed by atoms with Crippen molar-refractivity contribution in [2.24, 2.45) is 5.41 Å². The average molecular weight is 206 g/mol. The molecule has 1 radical (unpaired) electrons. The second-order valence-electron chi connectivity index (χ2n) is 3.00. The summed E-state index contributed by atoms with van der Waals surface area (Å²) < 4.78 is 0. The molecule has 0 aromatic carbocycles. The zero-order valence-electron chi connectivity index (χ0n) is 8.08. The van der Waals surface area contributed by atoms with Crippen LogP contribution < -0.4 is 0 Å². The summed E-state index contributed by atoms with van der Waals surface area (Å²) in [6.45, 7) is 8.75.